The average molecular weight is 224 g/mol. The Morgan fingerprint density at radius 3 is 2.47 bits per heavy atom. The molecule has 1 rings (SSSR count). The predicted molar refractivity (Wildman–Crippen MR) is 59.5 cm³/mol. The Balaban J connectivity index is 2.96. The number of rotatable bonds is 4. The van der Waals surface area contributed by atoms with Gasteiger partial charge >= 0.3 is 0 Å². The largest absolute Gasteiger partial charge is 0.401 e. The van der Waals surface area contributed by atoms with Crippen molar-refractivity contribution in [1.29, 1.82) is 5.41 Å². The number of benzene rings is 1. The zero-order valence-electron chi connectivity index (χ0n) is 8.05. The lowest BCUT2D eigenvalue weighted by Gasteiger charge is -2.03. The Kier molecular flexibility index (Phi) is 3.62. The third kappa shape index (κ3) is 3.21. The molecule has 5 heteroatoms. The van der Waals surface area contributed by atoms with Crippen molar-refractivity contribution < 1.29 is 8.42 Å². The topological polar surface area (TPSA) is 84.0 Å². The Morgan fingerprint density at radius 2 is 1.93 bits per heavy atom. The Hall–Kier alpha value is -1.62. The second-order valence-electron chi connectivity index (χ2n) is 2.98. The second kappa shape index (κ2) is 4.75. The Labute approximate surface area is 88.9 Å². The summed E-state index contributed by atoms with van der Waals surface area (Å²) in [5.41, 5.74) is 5.60. The van der Waals surface area contributed by atoms with Gasteiger partial charge in [-0.05, 0) is 18.2 Å². The second-order valence-corrected chi connectivity index (χ2v) is 4.97. The van der Waals surface area contributed by atoms with Gasteiger partial charge in [0.1, 0.15) is 0 Å². The van der Waals surface area contributed by atoms with Gasteiger partial charge in [-0.15, -0.1) is 0 Å². The third-order valence-electron chi connectivity index (χ3n) is 1.76. The van der Waals surface area contributed by atoms with E-state index in [0.29, 0.717) is 0 Å². The maximum Gasteiger partial charge on any atom is 0.183 e. The molecule has 4 nitrogen and oxygen atoms in total. The minimum atomic E-state index is -3.38. The lowest BCUT2D eigenvalue weighted by molar-refractivity contribution is 0.598. The number of nitrogens with two attached hydrogens (primary N) is 1. The summed E-state index contributed by atoms with van der Waals surface area (Å²) in [6.07, 6.45) is 2.23. The highest BCUT2D eigenvalue weighted by atomic mass is 32.2. The number of hydrogen-bond acceptors (Lipinski definition) is 4. The van der Waals surface area contributed by atoms with Crippen LogP contribution in [0.4, 0.5) is 0 Å². The van der Waals surface area contributed by atoms with E-state index in [1.165, 1.54) is 18.2 Å². The Bertz CT molecular complexity index is 463. The van der Waals surface area contributed by atoms with Crippen molar-refractivity contribution >= 4 is 16.1 Å². The van der Waals surface area contributed by atoms with Gasteiger partial charge in [-0.25, -0.2) is 8.42 Å². The van der Waals surface area contributed by atoms with Crippen molar-refractivity contribution in [2.45, 2.75) is 4.90 Å². The lowest BCUT2D eigenvalue weighted by Crippen LogP contribution is -2.14. The van der Waals surface area contributed by atoms with E-state index in [1.807, 2.05) is 0 Å². The standard InChI is InChI=1S/C10H12N2O2S/c11-7-6-9(12)8-15(13,14)10-4-2-1-3-5-10/h1-7,11H,8,12H2. The summed E-state index contributed by atoms with van der Waals surface area (Å²) in [6, 6.07) is 8.10. The molecule has 1 aromatic carbocycles. The first kappa shape index (κ1) is 11.5. The number of allylic oxidation sites excluding steroid dienone is 1. The van der Waals surface area contributed by atoms with Gasteiger partial charge in [-0.1, -0.05) is 18.2 Å². The normalized spacial score (nSPS) is 12.4. The van der Waals surface area contributed by atoms with Gasteiger partial charge in [0, 0.05) is 11.9 Å². The van der Waals surface area contributed by atoms with Crippen LogP contribution in [0.15, 0.2) is 47.0 Å². The van der Waals surface area contributed by atoms with Crippen molar-refractivity contribution in [3.05, 3.63) is 42.1 Å². The van der Waals surface area contributed by atoms with Gasteiger partial charge in [-0.3, -0.25) is 0 Å². The van der Waals surface area contributed by atoms with Crippen LogP contribution in [-0.2, 0) is 9.84 Å². The van der Waals surface area contributed by atoms with Crippen LogP contribution in [0.2, 0.25) is 0 Å². The number of sulfone groups is 1. The smallest absolute Gasteiger partial charge is 0.183 e. The molecule has 0 atom stereocenters. The zero-order valence-corrected chi connectivity index (χ0v) is 8.87. The van der Waals surface area contributed by atoms with Crippen molar-refractivity contribution in [3.8, 4) is 0 Å². The van der Waals surface area contributed by atoms with E-state index in [4.69, 9.17) is 11.1 Å². The molecule has 0 bridgehead atoms. The summed E-state index contributed by atoms with van der Waals surface area (Å²) in [5.74, 6) is -0.258. The summed E-state index contributed by atoms with van der Waals surface area (Å²) in [6.45, 7) is 0. The van der Waals surface area contributed by atoms with Crippen molar-refractivity contribution in [2.24, 2.45) is 5.73 Å². The summed E-state index contributed by atoms with van der Waals surface area (Å²) in [5, 5.41) is 6.77. The first-order valence-electron chi connectivity index (χ1n) is 4.29. The van der Waals surface area contributed by atoms with E-state index in [-0.39, 0.29) is 16.3 Å². The molecule has 0 aliphatic rings. The molecule has 3 N–H and O–H groups in total. The minimum Gasteiger partial charge on any atom is -0.401 e. The fourth-order valence-electron chi connectivity index (χ4n) is 1.09. The van der Waals surface area contributed by atoms with Gasteiger partial charge in [0.05, 0.1) is 10.6 Å². The molecule has 0 amide bonds. The van der Waals surface area contributed by atoms with Crippen LogP contribution in [-0.4, -0.2) is 20.4 Å². The van der Waals surface area contributed by atoms with Gasteiger partial charge in [-0.2, -0.15) is 0 Å². The summed E-state index contributed by atoms with van der Waals surface area (Å²) < 4.78 is 23.4. The van der Waals surface area contributed by atoms with Gasteiger partial charge in [0.25, 0.3) is 0 Å². The highest BCUT2D eigenvalue weighted by Gasteiger charge is 2.14. The maximum absolute atomic E-state index is 11.7. The van der Waals surface area contributed by atoms with Gasteiger partial charge in [0.15, 0.2) is 9.84 Å². The molecule has 0 spiro atoms. The van der Waals surface area contributed by atoms with Crippen LogP contribution in [0.3, 0.4) is 0 Å². The van der Waals surface area contributed by atoms with E-state index >= 15 is 0 Å². The molecule has 0 aliphatic heterocycles. The van der Waals surface area contributed by atoms with Crippen LogP contribution >= 0.6 is 0 Å². The van der Waals surface area contributed by atoms with E-state index in [2.05, 4.69) is 0 Å². The summed E-state index contributed by atoms with van der Waals surface area (Å²) in [7, 11) is -3.38. The molecular formula is C10H12N2O2S. The number of hydrogen-bond donors (Lipinski definition) is 2. The molecular weight excluding hydrogens is 212 g/mol. The molecule has 80 valence electrons. The quantitative estimate of drug-likeness (QED) is 0.747. The molecule has 0 saturated heterocycles. The highest BCUT2D eigenvalue weighted by Crippen LogP contribution is 2.11. The van der Waals surface area contributed by atoms with Crippen molar-refractivity contribution in [3.63, 3.8) is 0 Å². The first-order chi connectivity index (χ1) is 7.06. The molecule has 1 aromatic rings. The zero-order chi connectivity index (χ0) is 11.3. The molecule has 0 heterocycles. The van der Waals surface area contributed by atoms with Crippen LogP contribution in [0.5, 0.6) is 0 Å². The third-order valence-corrected chi connectivity index (χ3v) is 3.46. The molecule has 0 fully saturated rings. The monoisotopic (exact) mass is 224 g/mol. The molecule has 15 heavy (non-hydrogen) atoms. The molecule has 0 radical (unpaired) electrons. The van der Waals surface area contributed by atoms with Crippen molar-refractivity contribution in [2.75, 3.05) is 5.75 Å². The molecule has 0 unspecified atom stereocenters. The van der Waals surface area contributed by atoms with Crippen LogP contribution in [0, 0.1) is 5.41 Å². The van der Waals surface area contributed by atoms with Crippen LogP contribution < -0.4 is 5.73 Å². The van der Waals surface area contributed by atoms with E-state index < -0.39 is 9.84 Å². The highest BCUT2D eigenvalue weighted by molar-refractivity contribution is 7.91. The van der Waals surface area contributed by atoms with Crippen LogP contribution in [0.1, 0.15) is 0 Å². The minimum absolute atomic E-state index is 0.161. The van der Waals surface area contributed by atoms with Crippen LogP contribution in [0.25, 0.3) is 0 Å². The lowest BCUT2D eigenvalue weighted by atomic mass is 10.4. The SMILES string of the molecule is N=CC=C(N)CS(=O)(=O)c1ccccc1. The van der Waals surface area contributed by atoms with E-state index in [0.717, 1.165) is 6.21 Å². The molecule has 0 aliphatic carbocycles. The average Bonchev–Trinajstić information content (AvgIpc) is 2.18. The van der Waals surface area contributed by atoms with Crippen molar-refractivity contribution in [1.82, 2.24) is 0 Å². The number of nitrogens with one attached hydrogen (secondary N) is 1. The first-order valence-corrected chi connectivity index (χ1v) is 5.94. The van der Waals surface area contributed by atoms with Gasteiger partial charge < -0.3 is 11.1 Å². The molecule has 0 aromatic heterocycles. The van der Waals surface area contributed by atoms with E-state index in [1.54, 1.807) is 18.2 Å². The summed E-state index contributed by atoms with van der Waals surface area (Å²) >= 11 is 0. The fraction of sp³-hybridized carbons (Fsp3) is 0.100. The fourth-order valence-corrected chi connectivity index (χ4v) is 2.36. The Morgan fingerprint density at radius 1 is 1.33 bits per heavy atom. The molecule has 0 saturated carbocycles. The maximum atomic E-state index is 11.7. The van der Waals surface area contributed by atoms with E-state index in [9.17, 15) is 8.42 Å². The summed E-state index contributed by atoms with van der Waals surface area (Å²) in [4.78, 5) is 0.242. The predicted octanol–water partition coefficient (Wildman–Crippen LogP) is 0.952. The van der Waals surface area contributed by atoms with Gasteiger partial charge in [0.2, 0.25) is 0 Å².